The molecule has 0 aliphatic rings. The van der Waals surface area contributed by atoms with E-state index in [0.717, 1.165) is 5.56 Å². The van der Waals surface area contributed by atoms with Crippen LogP contribution in [0.2, 0.25) is 0 Å². The number of rotatable bonds is 7. The van der Waals surface area contributed by atoms with Crippen LogP contribution in [0.15, 0.2) is 88.9 Å². The molecule has 1 amide bonds. The van der Waals surface area contributed by atoms with Crippen LogP contribution >= 0.6 is 11.3 Å². The number of nitrogens with zero attached hydrogens (tertiary/aromatic N) is 3. The van der Waals surface area contributed by atoms with Crippen molar-refractivity contribution in [3.05, 3.63) is 101 Å². The van der Waals surface area contributed by atoms with Gasteiger partial charge in [0.1, 0.15) is 12.4 Å². The van der Waals surface area contributed by atoms with E-state index in [0.29, 0.717) is 27.8 Å². The zero-order valence-corrected chi connectivity index (χ0v) is 18.0. The third-order valence-corrected chi connectivity index (χ3v) is 5.59. The number of halogens is 1. The van der Waals surface area contributed by atoms with E-state index in [1.165, 1.54) is 23.5 Å². The van der Waals surface area contributed by atoms with Crippen molar-refractivity contribution in [3.8, 4) is 23.3 Å². The van der Waals surface area contributed by atoms with Crippen molar-refractivity contribution in [2.45, 2.75) is 6.61 Å². The lowest BCUT2D eigenvalue weighted by Crippen LogP contribution is -2.10. The van der Waals surface area contributed by atoms with Gasteiger partial charge in [0, 0.05) is 5.69 Å². The van der Waals surface area contributed by atoms with Crippen LogP contribution in [0.1, 0.15) is 15.2 Å². The lowest BCUT2D eigenvalue weighted by atomic mass is 10.2. The van der Waals surface area contributed by atoms with Crippen LogP contribution in [0, 0.1) is 5.82 Å². The fourth-order valence-electron chi connectivity index (χ4n) is 3.11. The molecule has 7 nitrogen and oxygen atoms in total. The molecule has 0 bridgehead atoms. The summed E-state index contributed by atoms with van der Waals surface area (Å²) in [5, 5.41) is 9.19. The van der Waals surface area contributed by atoms with E-state index in [9.17, 15) is 9.18 Å². The number of nitrogens with one attached hydrogen (secondary N) is 1. The quantitative estimate of drug-likeness (QED) is 0.344. The van der Waals surface area contributed by atoms with Crippen molar-refractivity contribution in [2.75, 3.05) is 5.32 Å². The summed E-state index contributed by atoms with van der Waals surface area (Å²) in [6.07, 6.45) is 1.55. The Morgan fingerprint density at radius 3 is 2.58 bits per heavy atom. The second-order valence-corrected chi connectivity index (χ2v) is 7.95. The fraction of sp³-hybridized carbons (Fsp3) is 0.0417. The molecular formula is C24H17FN4O3S. The minimum absolute atomic E-state index is 0.154. The normalized spacial score (nSPS) is 10.8. The standard InChI is InChI=1S/C24H17FN4O3S/c25-17-7-5-16(6-8-17)15-32-24-27-22(20-3-1-13-31-20)29(28-24)19-11-9-18(10-12-19)26-23(30)21-4-2-14-33-21/h1-14H,15H2,(H,26,30). The number of amides is 1. The molecule has 5 rings (SSSR count). The topological polar surface area (TPSA) is 82.2 Å². The van der Waals surface area contributed by atoms with Crippen LogP contribution in [0.4, 0.5) is 10.1 Å². The van der Waals surface area contributed by atoms with Crippen LogP contribution < -0.4 is 10.1 Å². The lowest BCUT2D eigenvalue weighted by molar-refractivity contribution is 0.103. The van der Waals surface area contributed by atoms with Gasteiger partial charge in [-0.25, -0.2) is 9.07 Å². The average Bonchev–Trinajstić information content (AvgIpc) is 3.61. The van der Waals surface area contributed by atoms with Crippen LogP contribution in [-0.4, -0.2) is 20.7 Å². The molecule has 2 aromatic carbocycles. The molecule has 3 aromatic heterocycles. The van der Waals surface area contributed by atoms with Crippen LogP contribution in [0.5, 0.6) is 6.01 Å². The molecule has 5 aromatic rings. The third-order valence-electron chi connectivity index (χ3n) is 4.73. The van der Waals surface area contributed by atoms with E-state index in [4.69, 9.17) is 9.15 Å². The van der Waals surface area contributed by atoms with Gasteiger partial charge in [0.2, 0.25) is 5.82 Å². The molecule has 1 N–H and O–H groups in total. The average molecular weight is 460 g/mol. The van der Waals surface area contributed by atoms with E-state index in [-0.39, 0.29) is 24.3 Å². The van der Waals surface area contributed by atoms with E-state index < -0.39 is 0 Å². The highest BCUT2D eigenvalue weighted by atomic mass is 32.1. The summed E-state index contributed by atoms with van der Waals surface area (Å²) in [5.41, 5.74) is 2.15. The Kier molecular flexibility index (Phi) is 5.69. The molecule has 9 heteroatoms. The largest absolute Gasteiger partial charge is 0.461 e. The minimum atomic E-state index is -0.309. The smallest absolute Gasteiger partial charge is 0.336 e. The number of anilines is 1. The Morgan fingerprint density at radius 2 is 1.88 bits per heavy atom. The van der Waals surface area contributed by atoms with Gasteiger partial charge in [0.25, 0.3) is 5.91 Å². The van der Waals surface area contributed by atoms with Gasteiger partial charge < -0.3 is 14.5 Å². The summed E-state index contributed by atoms with van der Waals surface area (Å²) in [6, 6.07) is 20.5. The first-order chi connectivity index (χ1) is 16.2. The summed E-state index contributed by atoms with van der Waals surface area (Å²) >= 11 is 1.38. The fourth-order valence-corrected chi connectivity index (χ4v) is 3.73. The molecule has 0 unspecified atom stereocenters. The maximum Gasteiger partial charge on any atom is 0.336 e. The van der Waals surface area contributed by atoms with Gasteiger partial charge in [-0.15, -0.1) is 16.4 Å². The monoisotopic (exact) mass is 460 g/mol. The zero-order chi connectivity index (χ0) is 22.6. The number of thiophene rings is 1. The van der Waals surface area contributed by atoms with E-state index in [1.54, 1.807) is 53.4 Å². The van der Waals surface area contributed by atoms with Gasteiger partial charge in [-0.05, 0) is 65.5 Å². The molecule has 0 fully saturated rings. The summed E-state index contributed by atoms with van der Waals surface area (Å²) in [7, 11) is 0. The lowest BCUT2D eigenvalue weighted by Gasteiger charge is -2.07. The van der Waals surface area contributed by atoms with E-state index in [2.05, 4.69) is 15.4 Å². The maximum absolute atomic E-state index is 13.1. The molecule has 0 atom stereocenters. The SMILES string of the molecule is O=C(Nc1ccc(-n2nc(OCc3ccc(F)cc3)nc2-c2ccco2)cc1)c1cccs1. The van der Waals surface area contributed by atoms with Crippen LogP contribution in [-0.2, 0) is 6.61 Å². The Balaban J connectivity index is 1.38. The van der Waals surface area contributed by atoms with Gasteiger partial charge in [-0.1, -0.05) is 18.2 Å². The van der Waals surface area contributed by atoms with E-state index in [1.807, 2.05) is 23.6 Å². The Hall–Kier alpha value is -4.24. The number of hydrogen-bond acceptors (Lipinski definition) is 6. The Bertz CT molecular complexity index is 1350. The first-order valence-electron chi connectivity index (χ1n) is 9.99. The third kappa shape index (κ3) is 4.68. The minimum Gasteiger partial charge on any atom is -0.461 e. The molecule has 0 radical (unpaired) electrons. The van der Waals surface area contributed by atoms with E-state index >= 15 is 0 Å². The Morgan fingerprint density at radius 1 is 1.06 bits per heavy atom. The number of aromatic nitrogens is 3. The highest BCUT2D eigenvalue weighted by molar-refractivity contribution is 7.12. The van der Waals surface area contributed by atoms with Gasteiger partial charge in [0.15, 0.2) is 5.76 Å². The van der Waals surface area contributed by atoms with Gasteiger partial charge in [-0.3, -0.25) is 4.79 Å². The van der Waals surface area contributed by atoms with Crippen molar-refractivity contribution in [3.63, 3.8) is 0 Å². The number of benzene rings is 2. The molecule has 164 valence electrons. The first kappa shape index (κ1) is 20.7. The number of carbonyl (C=O) groups excluding carboxylic acids is 1. The number of ether oxygens (including phenoxy) is 1. The van der Waals surface area contributed by atoms with Crippen molar-refractivity contribution in [1.82, 2.24) is 14.8 Å². The molecule has 0 aliphatic carbocycles. The molecular weight excluding hydrogens is 443 g/mol. The van der Waals surface area contributed by atoms with Gasteiger partial charge in [0.05, 0.1) is 16.8 Å². The van der Waals surface area contributed by atoms with Crippen LogP contribution in [0.25, 0.3) is 17.3 Å². The van der Waals surface area contributed by atoms with Crippen molar-refractivity contribution in [2.24, 2.45) is 0 Å². The highest BCUT2D eigenvalue weighted by Crippen LogP contribution is 2.25. The van der Waals surface area contributed by atoms with Crippen molar-refractivity contribution >= 4 is 22.9 Å². The highest BCUT2D eigenvalue weighted by Gasteiger charge is 2.17. The number of furan rings is 1. The molecule has 3 heterocycles. The molecule has 0 aliphatic heterocycles. The molecule has 33 heavy (non-hydrogen) atoms. The van der Waals surface area contributed by atoms with Crippen molar-refractivity contribution < 1.29 is 18.3 Å². The Labute approximate surface area is 192 Å². The zero-order valence-electron chi connectivity index (χ0n) is 17.1. The number of hydrogen-bond donors (Lipinski definition) is 1. The molecule has 0 spiro atoms. The van der Waals surface area contributed by atoms with Crippen LogP contribution in [0.3, 0.4) is 0 Å². The summed E-state index contributed by atoms with van der Waals surface area (Å²) in [5.74, 6) is 0.515. The predicted octanol–water partition coefficient (Wildman–Crippen LogP) is 5.56. The summed E-state index contributed by atoms with van der Waals surface area (Å²) < 4.78 is 26.0. The first-order valence-corrected chi connectivity index (χ1v) is 10.9. The van der Waals surface area contributed by atoms with Crippen molar-refractivity contribution in [1.29, 1.82) is 0 Å². The molecule has 0 saturated heterocycles. The predicted molar refractivity (Wildman–Crippen MR) is 122 cm³/mol. The second kappa shape index (κ2) is 9.09. The van der Waals surface area contributed by atoms with Gasteiger partial charge in [-0.2, -0.15) is 4.98 Å². The summed E-state index contributed by atoms with van der Waals surface area (Å²) in [6.45, 7) is 0.190. The maximum atomic E-state index is 13.1. The van der Waals surface area contributed by atoms with Gasteiger partial charge >= 0.3 is 6.01 Å². The summed E-state index contributed by atoms with van der Waals surface area (Å²) in [4.78, 5) is 17.4. The number of carbonyl (C=O) groups is 1. The second-order valence-electron chi connectivity index (χ2n) is 7.00. The molecule has 0 saturated carbocycles.